The Morgan fingerprint density at radius 1 is 0.929 bits per heavy atom. The van der Waals surface area contributed by atoms with Crippen LogP contribution in [-0.4, -0.2) is 133 Å². The third-order valence-corrected chi connectivity index (χ3v) is 15.9. The van der Waals surface area contributed by atoms with Gasteiger partial charge in [0.05, 0.1) is 30.5 Å². The van der Waals surface area contributed by atoms with Gasteiger partial charge in [-0.25, -0.2) is 4.79 Å². The molecule has 14 unspecified atom stereocenters. The van der Waals surface area contributed by atoms with E-state index in [4.69, 9.17) is 23.7 Å². The van der Waals surface area contributed by atoms with Gasteiger partial charge in [-0.1, -0.05) is 50.6 Å². The Bertz CT molecular complexity index is 2230. The first-order valence-corrected chi connectivity index (χ1v) is 25.5. The monoisotopic (exact) mass is 972 g/mol. The smallest absolute Gasteiger partial charge is 0.329 e. The molecule has 4 aliphatic rings. The van der Waals surface area contributed by atoms with Crippen molar-refractivity contribution in [1.29, 1.82) is 0 Å². The fraction of sp³-hybridized carbons (Fsp3) is 0.643. The zero-order valence-electron chi connectivity index (χ0n) is 43.2. The molecule has 4 heterocycles. The second kappa shape index (κ2) is 24.3. The predicted molar refractivity (Wildman–Crippen MR) is 271 cm³/mol. The lowest BCUT2D eigenvalue weighted by Gasteiger charge is -2.47. The molecule has 2 N–H and O–H groups in total. The quantitative estimate of drug-likeness (QED) is 0.127. The maximum Gasteiger partial charge on any atom is 0.329 e. The molecule has 14 atom stereocenters. The molecule has 1 aliphatic carbocycles. The second-order valence-electron chi connectivity index (χ2n) is 20.9. The summed E-state index contributed by atoms with van der Waals surface area (Å²) in [4.78, 5) is 61.2. The molecule has 0 radical (unpaired) electrons. The van der Waals surface area contributed by atoms with Crippen LogP contribution in [-0.2, 0) is 49.4 Å². The molecule has 1 aromatic carbocycles. The second-order valence-corrected chi connectivity index (χ2v) is 20.9. The maximum absolute atomic E-state index is 14.7. The molecule has 1 aromatic heterocycles. The Hall–Kier alpha value is -4.44. The Balaban J connectivity index is 1.31. The van der Waals surface area contributed by atoms with Gasteiger partial charge in [0.1, 0.15) is 24.0 Å². The highest BCUT2D eigenvalue weighted by atomic mass is 16.7. The molecule has 14 heteroatoms. The average Bonchev–Trinajstić information content (AvgIpc) is 3.75. The number of benzene rings is 1. The van der Waals surface area contributed by atoms with Gasteiger partial charge in [0.25, 0.3) is 11.7 Å². The summed E-state index contributed by atoms with van der Waals surface area (Å²) >= 11 is 0. The number of aliphatic hydroxyl groups is 2. The van der Waals surface area contributed by atoms with Crippen molar-refractivity contribution in [2.75, 3.05) is 39.8 Å². The van der Waals surface area contributed by atoms with Gasteiger partial charge in [-0.05, 0) is 120 Å². The number of Topliss-reactive ketones (excluding diaryl/α,β-unsaturated/α-hetero) is 2. The van der Waals surface area contributed by atoms with Gasteiger partial charge in [-0.2, -0.15) is 0 Å². The van der Waals surface area contributed by atoms with Crippen LogP contribution in [0.25, 0.3) is 10.9 Å². The van der Waals surface area contributed by atoms with Crippen LogP contribution in [0.5, 0.6) is 0 Å². The van der Waals surface area contributed by atoms with Crippen LogP contribution in [0.3, 0.4) is 0 Å². The van der Waals surface area contributed by atoms with Crippen LogP contribution in [0.1, 0.15) is 105 Å². The fourth-order valence-electron chi connectivity index (χ4n) is 11.8. The highest BCUT2D eigenvalue weighted by Crippen LogP contribution is 2.40. The molecule has 386 valence electrons. The average molecular weight is 972 g/mol. The molecule has 6 rings (SSSR count). The van der Waals surface area contributed by atoms with E-state index in [1.54, 1.807) is 27.0 Å². The Morgan fingerprint density at radius 3 is 2.33 bits per heavy atom. The lowest BCUT2D eigenvalue weighted by Crippen LogP contribution is -2.64. The van der Waals surface area contributed by atoms with Crippen molar-refractivity contribution >= 4 is 40.0 Å². The zero-order chi connectivity index (χ0) is 51.0. The number of fused-ring (bicyclic) bond motifs is 4. The predicted octanol–water partition coefficient (Wildman–Crippen LogP) is 7.92. The summed E-state index contributed by atoms with van der Waals surface area (Å²) < 4.78 is 32.9. The number of aromatic nitrogens is 1. The number of methoxy groups -OCH3 is 3. The summed E-state index contributed by atoms with van der Waals surface area (Å²) in [5.74, 6) is -7.68. The number of carbonyl (C=O) groups is 4. The van der Waals surface area contributed by atoms with E-state index in [9.17, 15) is 29.4 Å². The van der Waals surface area contributed by atoms with Crippen LogP contribution >= 0.6 is 0 Å². The van der Waals surface area contributed by atoms with Gasteiger partial charge in [0, 0.05) is 88.4 Å². The van der Waals surface area contributed by atoms with E-state index < -0.39 is 77.8 Å². The van der Waals surface area contributed by atoms with E-state index in [1.807, 2.05) is 26.0 Å². The number of hydrogen-bond acceptors (Lipinski definition) is 12. The van der Waals surface area contributed by atoms with Crippen molar-refractivity contribution < 1.29 is 53.1 Å². The number of amides is 1. The number of aliphatic hydroxyl groups excluding tert-OH is 1. The molecule has 2 bridgehead atoms. The molecule has 2 aromatic rings. The zero-order valence-corrected chi connectivity index (χ0v) is 43.2. The molecule has 14 nitrogen and oxygen atoms in total. The number of rotatable bonds is 11. The third-order valence-electron chi connectivity index (χ3n) is 15.9. The van der Waals surface area contributed by atoms with Gasteiger partial charge < -0.3 is 48.3 Å². The van der Waals surface area contributed by atoms with E-state index in [0.717, 1.165) is 41.5 Å². The SMILES string of the molecule is C=CCC1/C=C(\C)CC(C)CC(OC)C2OC(O)(C(=O)C(=O)N3CCCCC3C(=O)OC(C(C)=CC3CCC(N(C)c4ccc5c(ccn5CC=C)c4)C(OC)C3)C(C)C(O)CC1=O)C(C)CC2OC. The number of likely N-dealkylation sites (N-methyl/N-ethyl adjacent to an activating group) is 1. The lowest BCUT2D eigenvalue weighted by atomic mass is 9.80. The molecule has 70 heavy (non-hydrogen) atoms. The van der Waals surface area contributed by atoms with Crippen LogP contribution in [0.4, 0.5) is 5.69 Å². The number of ketones is 2. The van der Waals surface area contributed by atoms with Crippen LogP contribution in [0.2, 0.25) is 0 Å². The fourth-order valence-corrected chi connectivity index (χ4v) is 11.8. The largest absolute Gasteiger partial charge is 0.456 e. The number of carbonyl (C=O) groups excluding carboxylic acids is 4. The van der Waals surface area contributed by atoms with E-state index in [-0.39, 0.29) is 55.6 Å². The molecule has 3 aliphatic heterocycles. The number of hydrogen-bond donors (Lipinski definition) is 2. The standard InChI is InChI=1S/C56H81N3O11/c1-12-16-41-27-34(3)26-35(4)28-49(67-10)52-50(68-11)30-37(6)56(65,70-52)53(62)54(63)59-24-15-14-17-45(59)55(64)69-51(38(7)46(60)33-47(41)61)36(5)29-39-18-20-44(48(31-39)66-9)57(8)42-19-21-43-40(32-42)22-25-58(43)23-13-2/h12-13,19,21-22,25,27,29,32,35,37-39,41,44-46,48-52,60,65H,1-2,14-18,20,23-24,26,28,30-31,33H2,3-11H3/b34-27+,36-29?. The van der Waals surface area contributed by atoms with Crippen molar-refractivity contribution in [3.63, 3.8) is 0 Å². The van der Waals surface area contributed by atoms with Crippen molar-refractivity contribution in [1.82, 2.24) is 9.47 Å². The molecule has 1 saturated carbocycles. The minimum atomic E-state index is -2.52. The number of anilines is 1. The highest BCUT2D eigenvalue weighted by Gasteiger charge is 2.56. The summed E-state index contributed by atoms with van der Waals surface area (Å²) in [5, 5.41) is 25.3. The van der Waals surface area contributed by atoms with Crippen molar-refractivity contribution in [3.05, 3.63) is 79.1 Å². The number of piperidine rings is 1. The topological polar surface area (TPSA) is 166 Å². The number of allylic oxidation sites excluding steroid dienone is 5. The highest BCUT2D eigenvalue weighted by molar-refractivity contribution is 6.39. The lowest BCUT2D eigenvalue weighted by molar-refractivity contribution is -0.302. The number of ether oxygens (including phenoxy) is 5. The molecular formula is C56H81N3O11. The van der Waals surface area contributed by atoms with Gasteiger partial charge in [-0.15, -0.1) is 13.2 Å². The van der Waals surface area contributed by atoms with Crippen LogP contribution < -0.4 is 4.90 Å². The number of nitrogens with zero attached hydrogens (tertiary/aromatic N) is 3. The van der Waals surface area contributed by atoms with Crippen molar-refractivity contribution in [2.24, 2.45) is 29.6 Å². The Morgan fingerprint density at radius 2 is 1.64 bits per heavy atom. The first-order valence-electron chi connectivity index (χ1n) is 25.5. The first kappa shape index (κ1) is 54.9. The van der Waals surface area contributed by atoms with E-state index >= 15 is 0 Å². The first-order chi connectivity index (χ1) is 33.4. The van der Waals surface area contributed by atoms with Gasteiger partial charge >= 0.3 is 5.97 Å². The van der Waals surface area contributed by atoms with E-state index in [2.05, 4.69) is 73.1 Å². The molecule has 0 spiro atoms. The number of cyclic esters (lactones) is 1. The summed E-state index contributed by atoms with van der Waals surface area (Å²) in [6.45, 7) is 18.0. The van der Waals surface area contributed by atoms with Crippen LogP contribution in [0, 0.1) is 29.6 Å². The van der Waals surface area contributed by atoms with Gasteiger partial charge in [0.2, 0.25) is 5.79 Å². The summed E-state index contributed by atoms with van der Waals surface area (Å²) in [6, 6.07) is 7.56. The van der Waals surface area contributed by atoms with Gasteiger partial charge in [0.15, 0.2) is 0 Å². The van der Waals surface area contributed by atoms with E-state index in [1.165, 1.54) is 19.1 Å². The number of esters is 1. The minimum absolute atomic E-state index is 0.00528. The molecule has 2 saturated heterocycles. The summed E-state index contributed by atoms with van der Waals surface area (Å²) in [5.41, 5.74) is 3.91. The van der Waals surface area contributed by atoms with Crippen molar-refractivity contribution in [2.45, 2.75) is 166 Å². The normalized spacial score (nSPS) is 35.5. The summed E-state index contributed by atoms with van der Waals surface area (Å²) in [6.07, 6.45) is 10.5. The third kappa shape index (κ3) is 12.2. The van der Waals surface area contributed by atoms with Gasteiger partial charge in [-0.3, -0.25) is 14.4 Å². The maximum atomic E-state index is 14.7. The molecular weight excluding hydrogens is 891 g/mol. The van der Waals surface area contributed by atoms with E-state index in [0.29, 0.717) is 44.1 Å². The Kier molecular flexibility index (Phi) is 19.1. The van der Waals surface area contributed by atoms with Crippen LogP contribution in [0.15, 0.2) is 79.1 Å². The molecule has 3 fully saturated rings. The Labute approximate surface area is 416 Å². The molecule has 1 amide bonds. The summed E-state index contributed by atoms with van der Waals surface area (Å²) in [7, 11) is 6.92. The van der Waals surface area contributed by atoms with Crippen molar-refractivity contribution in [3.8, 4) is 0 Å². The minimum Gasteiger partial charge on any atom is -0.456 e.